The number of nitrogens with zero attached hydrogens (tertiary/aromatic N) is 1. The van der Waals surface area contributed by atoms with Crippen molar-refractivity contribution in [2.45, 2.75) is 12.5 Å². The Bertz CT molecular complexity index is 264. The Morgan fingerprint density at radius 2 is 2.15 bits per heavy atom. The van der Waals surface area contributed by atoms with Crippen LogP contribution in [0, 0.1) is 5.92 Å². The topological polar surface area (TPSA) is 77.8 Å². The summed E-state index contributed by atoms with van der Waals surface area (Å²) in [6.45, 7) is 0.389. The Balaban J connectivity index is 2.65. The van der Waals surface area contributed by atoms with Gasteiger partial charge in [-0.15, -0.1) is 0 Å². The molecule has 0 saturated carbocycles. The Kier molecular flexibility index (Phi) is 3.28. The van der Waals surface area contributed by atoms with Gasteiger partial charge in [-0.3, -0.25) is 0 Å². The maximum absolute atomic E-state index is 11.1. The average Bonchev–Trinajstić information content (AvgIpc) is 2.03. The van der Waals surface area contributed by atoms with E-state index in [-0.39, 0.29) is 19.1 Å². The van der Waals surface area contributed by atoms with Crippen LogP contribution in [0.1, 0.15) is 6.42 Å². The SMILES string of the molecule is CS(=O)(=O)N1CCC(O)C(CO)C1. The molecule has 0 bridgehead atoms. The van der Waals surface area contributed by atoms with Gasteiger partial charge < -0.3 is 10.2 Å². The van der Waals surface area contributed by atoms with E-state index >= 15 is 0 Å². The zero-order chi connectivity index (χ0) is 10.1. The number of piperidine rings is 1. The van der Waals surface area contributed by atoms with Crippen LogP contribution in [0.2, 0.25) is 0 Å². The van der Waals surface area contributed by atoms with Gasteiger partial charge in [-0.05, 0) is 6.42 Å². The van der Waals surface area contributed by atoms with Gasteiger partial charge in [-0.2, -0.15) is 0 Å². The molecule has 0 amide bonds. The van der Waals surface area contributed by atoms with Crippen LogP contribution in [-0.4, -0.2) is 55.0 Å². The minimum atomic E-state index is -3.18. The first-order valence-electron chi connectivity index (χ1n) is 4.19. The highest BCUT2D eigenvalue weighted by Crippen LogP contribution is 2.18. The fraction of sp³-hybridized carbons (Fsp3) is 1.00. The molecule has 1 aliphatic rings. The van der Waals surface area contributed by atoms with E-state index in [0.29, 0.717) is 13.0 Å². The van der Waals surface area contributed by atoms with Crippen LogP contribution in [-0.2, 0) is 10.0 Å². The molecule has 1 heterocycles. The van der Waals surface area contributed by atoms with Crippen molar-refractivity contribution in [2.75, 3.05) is 26.0 Å². The maximum atomic E-state index is 11.1. The third-order valence-corrected chi connectivity index (χ3v) is 3.63. The van der Waals surface area contributed by atoms with Gasteiger partial charge in [0.05, 0.1) is 12.4 Å². The molecule has 0 aromatic rings. The van der Waals surface area contributed by atoms with E-state index in [1.54, 1.807) is 0 Å². The molecule has 5 nitrogen and oxygen atoms in total. The van der Waals surface area contributed by atoms with Crippen molar-refractivity contribution >= 4 is 10.0 Å². The molecule has 0 aromatic heterocycles. The summed E-state index contributed by atoms with van der Waals surface area (Å²) in [7, 11) is -3.18. The van der Waals surface area contributed by atoms with Gasteiger partial charge >= 0.3 is 0 Å². The molecule has 6 heteroatoms. The fourth-order valence-corrected chi connectivity index (χ4v) is 2.37. The first-order valence-corrected chi connectivity index (χ1v) is 6.04. The van der Waals surface area contributed by atoms with E-state index in [1.807, 2.05) is 0 Å². The molecule has 1 fully saturated rings. The molecular weight excluding hydrogens is 194 g/mol. The molecule has 1 rings (SSSR count). The minimum Gasteiger partial charge on any atom is -0.396 e. The smallest absolute Gasteiger partial charge is 0.211 e. The highest BCUT2D eigenvalue weighted by atomic mass is 32.2. The molecule has 2 unspecified atom stereocenters. The summed E-state index contributed by atoms with van der Waals surface area (Å²) in [6, 6.07) is 0. The zero-order valence-corrected chi connectivity index (χ0v) is 8.37. The van der Waals surface area contributed by atoms with Gasteiger partial charge in [-0.25, -0.2) is 12.7 Å². The van der Waals surface area contributed by atoms with Crippen LogP contribution < -0.4 is 0 Å². The van der Waals surface area contributed by atoms with E-state index < -0.39 is 16.1 Å². The zero-order valence-electron chi connectivity index (χ0n) is 7.55. The third-order valence-electron chi connectivity index (χ3n) is 2.36. The first-order chi connectivity index (χ1) is 5.95. The molecule has 0 radical (unpaired) electrons. The summed E-state index contributed by atoms with van der Waals surface area (Å²) >= 11 is 0. The second-order valence-corrected chi connectivity index (χ2v) is 5.40. The molecule has 0 spiro atoms. The minimum absolute atomic E-state index is 0.173. The molecule has 2 N–H and O–H groups in total. The van der Waals surface area contributed by atoms with Crippen molar-refractivity contribution in [3.8, 4) is 0 Å². The predicted molar refractivity (Wildman–Crippen MR) is 47.6 cm³/mol. The number of aliphatic hydroxyl groups excluding tert-OH is 2. The Labute approximate surface area is 78.0 Å². The Morgan fingerprint density at radius 3 is 2.62 bits per heavy atom. The summed E-state index contributed by atoms with van der Waals surface area (Å²) < 4.78 is 23.5. The van der Waals surface area contributed by atoms with E-state index in [1.165, 1.54) is 4.31 Å². The number of sulfonamides is 1. The van der Waals surface area contributed by atoms with Crippen molar-refractivity contribution in [2.24, 2.45) is 5.92 Å². The number of aliphatic hydroxyl groups is 2. The maximum Gasteiger partial charge on any atom is 0.211 e. The monoisotopic (exact) mass is 209 g/mol. The van der Waals surface area contributed by atoms with Crippen LogP contribution >= 0.6 is 0 Å². The Morgan fingerprint density at radius 1 is 1.54 bits per heavy atom. The summed E-state index contributed by atoms with van der Waals surface area (Å²) in [5, 5.41) is 18.2. The van der Waals surface area contributed by atoms with Crippen molar-refractivity contribution in [3.63, 3.8) is 0 Å². The van der Waals surface area contributed by atoms with E-state index in [2.05, 4.69) is 0 Å². The van der Waals surface area contributed by atoms with Crippen LogP contribution in [0.25, 0.3) is 0 Å². The number of hydrogen-bond donors (Lipinski definition) is 2. The van der Waals surface area contributed by atoms with Gasteiger partial charge in [0.1, 0.15) is 0 Å². The molecule has 0 aliphatic carbocycles. The van der Waals surface area contributed by atoms with Gasteiger partial charge in [0.15, 0.2) is 0 Å². The molecule has 1 aliphatic heterocycles. The van der Waals surface area contributed by atoms with Crippen LogP contribution in [0.3, 0.4) is 0 Å². The van der Waals surface area contributed by atoms with Crippen molar-refractivity contribution in [3.05, 3.63) is 0 Å². The van der Waals surface area contributed by atoms with Gasteiger partial charge in [0.25, 0.3) is 0 Å². The summed E-state index contributed by atoms with van der Waals surface area (Å²) in [6.07, 6.45) is 0.959. The Hall–Kier alpha value is -0.170. The second-order valence-electron chi connectivity index (χ2n) is 3.42. The molecule has 0 aromatic carbocycles. The van der Waals surface area contributed by atoms with Crippen LogP contribution in [0.4, 0.5) is 0 Å². The van der Waals surface area contributed by atoms with Crippen molar-refractivity contribution < 1.29 is 18.6 Å². The van der Waals surface area contributed by atoms with Crippen LogP contribution in [0.5, 0.6) is 0 Å². The molecule has 13 heavy (non-hydrogen) atoms. The highest BCUT2D eigenvalue weighted by molar-refractivity contribution is 7.88. The van der Waals surface area contributed by atoms with Gasteiger partial charge in [-0.1, -0.05) is 0 Å². The molecule has 1 saturated heterocycles. The van der Waals surface area contributed by atoms with Crippen LogP contribution in [0.15, 0.2) is 0 Å². The lowest BCUT2D eigenvalue weighted by Crippen LogP contribution is -2.46. The molecule has 2 atom stereocenters. The van der Waals surface area contributed by atoms with Crippen molar-refractivity contribution in [1.29, 1.82) is 0 Å². The van der Waals surface area contributed by atoms with E-state index in [4.69, 9.17) is 5.11 Å². The van der Waals surface area contributed by atoms with Crippen molar-refractivity contribution in [1.82, 2.24) is 4.31 Å². The summed E-state index contributed by atoms with van der Waals surface area (Å²) in [5.41, 5.74) is 0. The fourth-order valence-electron chi connectivity index (χ4n) is 1.47. The predicted octanol–water partition coefficient (Wildman–Crippen LogP) is -1.38. The van der Waals surface area contributed by atoms with Gasteiger partial charge in [0.2, 0.25) is 10.0 Å². The lowest BCUT2D eigenvalue weighted by atomic mass is 9.97. The highest BCUT2D eigenvalue weighted by Gasteiger charge is 2.31. The number of rotatable bonds is 2. The largest absolute Gasteiger partial charge is 0.396 e. The van der Waals surface area contributed by atoms with E-state index in [9.17, 15) is 13.5 Å². The summed E-state index contributed by atoms with van der Waals surface area (Å²) in [4.78, 5) is 0. The quantitative estimate of drug-likeness (QED) is 0.587. The number of hydrogen-bond acceptors (Lipinski definition) is 4. The molecule has 78 valence electrons. The standard InChI is InChI=1S/C7H15NO4S/c1-13(11,12)8-3-2-7(10)6(4-8)5-9/h6-7,9-10H,2-5H2,1H3. The lowest BCUT2D eigenvalue weighted by molar-refractivity contribution is 0.0233. The lowest BCUT2D eigenvalue weighted by Gasteiger charge is -2.33. The third kappa shape index (κ3) is 2.63. The normalized spacial score (nSPS) is 31.9. The average molecular weight is 209 g/mol. The second kappa shape index (κ2) is 3.91. The van der Waals surface area contributed by atoms with Gasteiger partial charge in [0, 0.05) is 25.6 Å². The first kappa shape index (κ1) is 10.9. The summed E-state index contributed by atoms with van der Waals surface area (Å²) in [5.74, 6) is -0.344. The molecular formula is C7H15NO4S. The van der Waals surface area contributed by atoms with E-state index in [0.717, 1.165) is 6.26 Å².